The first kappa shape index (κ1) is 20.9. The molecule has 1 saturated heterocycles. The average Bonchev–Trinajstić information content (AvgIpc) is 3.16. The van der Waals surface area contributed by atoms with Crippen molar-refractivity contribution in [2.75, 3.05) is 25.4 Å². The lowest BCUT2D eigenvalue weighted by Crippen LogP contribution is -3.12. The zero-order valence-corrected chi connectivity index (χ0v) is 17.6. The lowest BCUT2D eigenvalue weighted by atomic mass is 10.1. The van der Waals surface area contributed by atoms with Crippen molar-refractivity contribution in [1.29, 1.82) is 0 Å². The van der Waals surface area contributed by atoms with Crippen LogP contribution in [-0.2, 0) is 11.3 Å². The molecule has 1 amide bonds. The second kappa shape index (κ2) is 10.1. The maximum absolute atomic E-state index is 13.3. The van der Waals surface area contributed by atoms with Gasteiger partial charge in [0.15, 0.2) is 6.54 Å². The SMILES string of the molecule is CCCC[NH+](CC(=O)N1CCS[C@@H]1c1ccc(F)cc1)Cc1cccc(C)c1. The standard InChI is InChI=1S/C23H29FN2OS/c1-3-4-12-25(16-19-7-5-6-18(2)15-19)17-22(27)26-13-14-28-23(26)20-8-10-21(24)11-9-20/h5-11,15,23H,3-4,12-14,16-17H2,1-2H3/p+1/t23-/m1/s1. The number of amides is 1. The first-order chi connectivity index (χ1) is 13.6. The largest absolute Gasteiger partial charge is 0.323 e. The molecule has 2 aromatic carbocycles. The Hall–Kier alpha value is -1.85. The van der Waals surface area contributed by atoms with Gasteiger partial charge in [-0.1, -0.05) is 55.3 Å². The molecule has 2 aromatic rings. The minimum Gasteiger partial charge on any atom is -0.323 e. The molecule has 0 spiro atoms. The van der Waals surface area contributed by atoms with Crippen LogP contribution in [0.5, 0.6) is 0 Å². The molecule has 1 heterocycles. The number of nitrogens with one attached hydrogen (secondary N) is 1. The first-order valence-corrected chi connectivity index (χ1v) is 11.2. The summed E-state index contributed by atoms with van der Waals surface area (Å²) in [6.45, 7) is 7.43. The number of hydrogen-bond donors (Lipinski definition) is 1. The predicted molar refractivity (Wildman–Crippen MR) is 114 cm³/mol. The van der Waals surface area contributed by atoms with Gasteiger partial charge in [-0.05, 0) is 31.0 Å². The summed E-state index contributed by atoms with van der Waals surface area (Å²) in [4.78, 5) is 16.4. The highest BCUT2D eigenvalue weighted by Crippen LogP contribution is 2.37. The maximum Gasteiger partial charge on any atom is 0.278 e. The maximum atomic E-state index is 13.3. The van der Waals surface area contributed by atoms with E-state index < -0.39 is 0 Å². The summed E-state index contributed by atoms with van der Waals surface area (Å²) in [6, 6.07) is 15.1. The molecule has 5 heteroatoms. The fraction of sp³-hybridized carbons (Fsp3) is 0.435. The highest BCUT2D eigenvalue weighted by molar-refractivity contribution is 7.99. The van der Waals surface area contributed by atoms with Crippen LogP contribution < -0.4 is 4.90 Å². The van der Waals surface area contributed by atoms with E-state index in [0.717, 1.165) is 43.8 Å². The van der Waals surface area contributed by atoms with Crippen molar-refractivity contribution in [2.24, 2.45) is 0 Å². The molecule has 28 heavy (non-hydrogen) atoms. The Kier molecular flexibility index (Phi) is 7.51. The summed E-state index contributed by atoms with van der Waals surface area (Å²) in [5.41, 5.74) is 3.54. The van der Waals surface area contributed by atoms with E-state index in [2.05, 4.69) is 38.1 Å². The number of halogens is 1. The van der Waals surface area contributed by atoms with Crippen LogP contribution in [0.1, 0.15) is 41.8 Å². The van der Waals surface area contributed by atoms with Gasteiger partial charge in [0.2, 0.25) is 0 Å². The van der Waals surface area contributed by atoms with Crippen LogP contribution in [0.2, 0.25) is 0 Å². The summed E-state index contributed by atoms with van der Waals surface area (Å²) in [5.74, 6) is 0.881. The van der Waals surface area contributed by atoms with Crippen molar-refractivity contribution in [3.63, 3.8) is 0 Å². The van der Waals surface area contributed by atoms with Crippen LogP contribution in [0.3, 0.4) is 0 Å². The Bertz CT molecular complexity index is 780. The number of carbonyl (C=O) groups is 1. The Morgan fingerprint density at radius 2 is 2.04 bits per heavy atom. The number of quaternary nitrogens is 1. The molecule has 3 rings (SSSR count). The molecule has 0 aliphatic carbocycles. The monoisotopic (exact) mass is 401 g/mol. The normalized spacial score (nSPS) is 17.7. The van der Waals surface area contributed by atoms with Gasteiger partial charge in [0.05, 0.1) is 6.54 Å². The number of aryl methyl sites for hydroxylation is 1. The van der Waals surface area contributed by atoms with E-state index in [0.29, 0.717) is 6.54 Å². The van der Waals surface area contributed by atoms with Crippen molar-refractivity contribution >= 4 is 17.7 Å². The average molecular weight is 402 g/mol. The van der Waals surface area contributed by atoms with Crippen LogP contribution >= 0.6 is 11.8 Å². The number of nitrogens with zero attached hydrogens (tertiary/aromatic N) is 1. The molecule has 1 N–H and O–H groups in total. The van der Waals surface area contributed by atoms with Gasteiger partial charge >= 0.3 is 0 Å². The van der Waals surface area contributed by atoms with Crippen molar-refractivity contribution in [1.82, 2.24) is 4.90 Å². The summed E-state index contributed by atoms with van der Waals surface area (Å²) >= 11 is 1.76. The molecule has 3 nitrogen and oxygen atoms in total. The number of benzene rings is 2. The quantitative estimate of drug-likeness (QED) is 0.731. The highest BCUT2D eigenvalue weighted by Gasteiger charge is 2.32. The third-order valence-electron chi connectivity index (χ3n) is 5.19. The van der Waals surface area contributed by atoms with Gasteiger partial charge in [0.1, 0.15) is 17.7 Å². The lowest BCUT2D eigenvalue weighted by molar-refractivity contribution is -0.906. The van der Waals surface area contributed by atoms with Crippen molar-refractivity contribution < 1.29 is 14.1 Å². The van der Waals surface area contributed by atoms with Crippen molar-refractivity contribution in [3.8, 4) is 0 Å². The van der Waals surface area contributed by atoms with Crippen LogP contribution in [-0.4, -0.2) is 36.2 Å². The lowest BCUT2D eigenvalue weighted by Gasteiger charge is -2.27. The number of thioether (sulfide) groups is 1. The van der Waals surface area contributed by atoms with Gasteiger partial charge in [-0.15, -0.1) is 11.8 Å². The Morgan fingerprint density at radius 1 is 1.25 bits per heavy atom. The van der Waals surface area contributed by atoms with Gasteiger partial charge in [0, 0.05) is 17.9 Å². The molecule has 1 unspecified atom stereocenters. The van der Waals surface area contributed by atoms with Crippen LogP contribution in [0, 0.1) is 12.7 Å². The third-order valence-corrected chi connectivity index (χ3v) is 6.45. The van der Waals surface area contributed by atoms with E-state index in [1.54, 1.807) is 23.9 Å². The molecular weight excluding hydrogens is 371 g/mol. The van der Waals surface area contributed by atoms with Crippen LogP contribution in [0.4, 0.5) is 4.39 Å². The molecule has 1 aliphatic heterocycles. The second-order valence-electron chi connectivity index (χ2n) is 7.56. The Morgan fingerprint density at radius 3 is 2.75 bits per heavy atom. The van der Waals surface area contributed by atoms with Gasteiger partial charge in [-0.3, -0.25) is 4.79 Å². The van der Waals surface area contributed by atoms with E-state index in [1.807, 2.05) is 4.90 Å². The van der Waals surface area contributed by atoms with E-state index >= 15 is 0 Å². The molecule has 0 saturated carbocycles. The second-order valence-corrected chi connectivity index (χ2v) is 8.75. The first-order valence-electron chi connectivity index (χ1n) is 10.1. The van der Waals surface area contributed by atoms with E-state index in [1.165, 1.54) is 28.2 Å². The molecule has 150 valence electrons. The molecule has 0 aromatic heterocycles. The van der Waals surface area contributed by atoms with Crippen LogP contribution in [0.25, 0.3) is 0 Å². The summed E-state index contributed by atoms with van der Waals surface area (Å²) in [7, 11) is 0. The smallest absolute Gasteiger partial charge is 0.278 e. The molecular formula is C23H30FN2OS+. The molecule has 1 aliphatic rings. The summed E-state index contributed by atoms with van der Waals surface area (Å²) < 4.78 is 13.3. The fourth-order valence-corrected chi connectivity index (χ4v) is 5.00. The Labute approximate surface area is 171 Å². The minimum absolute atomic E-state index is 0.000468. The van der Waals surface area contributed by atoms with E-state index in [4.69, 9.17) is 0 Å². The third kappa shape index (κ3) is 5.58. The number of hydrogen-bond acceptors (Lipinski definition) is 2. The van der Waals surface area contributed by atoms with Crippen molar-refractivity contribution in [2.45, 2.75) is 38.6 Å². The topological polar surface area (TPSA) is 24.8 Å². The van der Waals surface area contributed by atoms with Gasteiger partial charge in [-0.2, -0.15) is 0 Å². The summed E-state index contributed by atoms with van der Waals surface area (Å²) in [5, 5.41) is -0.000468. The number of carbonyl (C=O) groups excluding carboxylic acids is 1. The highest BCUT2D eigenvalue weighted by atomic mass is 32.2. The molecule has 0 bridgehead atoms. The molecule has 2 atom stereocenters. The minimum atomic E-state index is -0.238. The fourth-order valence-electron chi connectivity index (χ4n) is 3.72. The molecule has 1 fully saturated rings. The zero-order valence-electron chi connectivity index (χ0n) is 16.8. The van der Waals surface area contributed by atoms with Gasteiger partial charge in [0.25, 0.3) is 5.91 Å². The van der Waals surface area contributed by atoms with Crippen LogP contribution in [0.15, 0.2) is 48.5 Å². The van der Waals surface area contributed by atoms with Crippen molar-refractivity contribution in [3.05, 3.63) is 71.0 Å². The van der Waals surface area contributed by atoms with Gasteiger partial charge < -0.3 is 9.80 Å². The number of unbranched alkanes of at least 4 members (excludes halogenated alkanes) is 1. The van der Waals surface area contributed by atoms with Gasteiger partial charge in [-0.25, -0.2) is 4.39 Å². The summed E-state index contributed by atoms with van der Waals surface area (Å²) in [6.07, 6.45) is 2.24. The number of rotatable bonds is 8. The van der Waals surface area contributed by atoms with E-state index in [-0.39, 0.29) is 17.1 Å². The molecule has 0 radical (unpaired) electrons. The Balaban J connectivity index is 1.68. The predicted octanol–water partition coefficient (Wildman–Crippen LogP) is 3.59. The van der Waals surface area contributed by atoms with E-state index in [9.17, 15) is 9.18 Å². The zero-order chi connectivity index (χ0) is 19.9.